The van der Waals surface area contributed by atoms with Crippen LogP contribution in [-0.2, 0) is 4.74 Å². The largest absolute Gasteiger partial charge is 0.494 e. The maximum Gasteiger partial charge on any atom is 0.338 e. The molecule has 0 aliphatic carbocycles. The summed E-state index contributed by atoms with van der Waals surface area (Å²) in [5, 5.41) is 2.73. The van der Waals surface area contributed by atoms with E-state index in [0.717, 1.165) is 6.07 Å². The Morgan fingerprint density at radius 3 is 2.17 bits per heavy atom. The second-order valence-electron chi connectivity index (χ2n) is 6.25. The summed E-state index contributed by atoms with van der Waals surface area (Å²) in [5.74, 6) is -2.22. The fourth-order valence-corrected chi connectivity index (χ4v) is 2.62. The van der Waals surface area contributed by atoms with Crippen molar-refractivity contribution < 1.29 is 28.2 Å². The zero-order valence-corrected chi connectivity index (χ0v) is 16.1. The van der Waals surface area contributed by atoms with Gasteiger partial charge in [0.25, 0.3) is 5.91 Å². The van der Waals surface area contributed by atoms with Gasteiger partial charge in [-0.25, -0.2) is 9.18 Å². The molecule has 0 atom stereocenters. The molecule has 0 aliphatic heterocycles. The van der Waals surface area contributed by atoms with Crippen molar-refractivity contribution in [1.82, 2.24) is 0 Å². The lowest BCUT2D eigenvalue weighted by molar-refractivity contribution is 0.0474. The van der Waals surface area contributed by atoms with Crippen molar-refractivity contribution in [3.05, 3.63) is 95.3 Å². The highest BCUT2D eigenvalue weighted by Crippen LogP contribution is 2.18. The van der Waals surface area contributed by atoms with Crippen LogP contribution in [0.5, 0.6) is 5.75 Å². The van der Waals surface area contributed by atoms with E-state index < -0.39 is 24.2 Å². The van der Waals surface area contributed by atoms with Crippen LogP contribution in [0.25, 0.3) is 0 Å². The first kappa shape index (κ1) is 20.7. The monoisotopic (exact) mass is 407 g/mol. The summed E-state index contributed by atoms with van der Waals surface area (Å²) in [6.07, 6.45) is 0. The van der Waals surface area contributed by atoms with Crippen molar-refractivity contribution in [3.63, 3.8) is 0 Å². The molecule has 7 heteroatoms. The number of carbonyl (C=O) groups is 3. The first-order valence-corrected chi connectivity index (χ1v) is 8.98. The van der Waals surface area contributed by atoms with Gasteiger partial charge in [0.1, 0.15) is 0 Å². The van der Waals surface area contributed by atoms with Crippen molar-refractivity contribution in [2.24, 2.45) is 0 Å². The smallest absolute Gasteiger partial charge is 0.338 e. The van der Waals surface area contributed by atoms with E-state index in [1.54, 1.807) is 36.4 Å². The van der Waals surface area contributed by atoms with Crippen LogP contribution in [0.1, 0.15) is 31.1 Å². The lowest BCUT2D eigenvalue weighted by Gasteiger charge is -2.08. The number of benzene rings is 3. The minimum absolute atomic E-state index is 0.00192. The highest BCUT2D eigenvalue weighted by Gasteiger charge is 2.14. The Bertz CT molecular complexity index is 1060. The molecule has 0 bridgehead atoms. The summed E-state index contributed by atoms with van der Waals surface area (Å²) < 4.78 is 23.4. The molecule has 1 N–H and O–H groups in total. The number of ketones is 1. The maximum absolute atomic E-state index is 13.7. The Morgan fingerprint density at radius 1 is 0.867 bits per heavy atom. The van der Waals surface area contributed by atoms with Crippen LogP contribution < -0.4 is 10.1 Å². The van der Waals surface area contributed by atoms with Crippen molar-refractivity contribution in [1.29, 1.82) is 0 Å². The highest BCUT2D eigenvalue weighted by molar-refractivity contribution is 6.05. The summed E-state index contributed by atoms with van der Waals surface area (Å²) in [6, 6.07) is 18.5. The molecule has 30 heavy (non-hydrogen) atoms. The van der Waals surface area contributed by atoms with Gasteiger partial charge in [-0.1, -0.05) is 18.2 Å². The average molecular weight is 407 g/mol. The SMILES string of the molecule is COc1ccc(C(=O)OCC(=O)c2ccc(NC(=O)c3ccccc3)cc2)cc1F. The molecule has 3 aromatic carbocycles. The molecule has 3 rings (SSSR count). The van der Waals surface area contributed by atoms with Crippen molar-refractivity contribution in [3.8, 4) is 5.75 Å². The van der Waals surface area contributed by atoms with Crippen LogP contribution in [0.4, 0.5) is 10.1 Å². The van der Waals surface area contributed by atoms with Gasteiger partial charge in [0.05, 0.1) is 12.7 Å². The summed E-state index contributed by atoms with van der Waals surface area (Å²) in [5.41, 5.74) is 1.31. The van der Waals surface area contributed by atoms with E-state index in [-0.39, 0.29) is 17.2 Å². The minimum Gasteiger partial charge on any atom is -0.494 e. The minimum atomic E-state index is -0.823. The molecule has 0 radical (unpaired) electrons. The Kier molecular flexibility index (Phi) is 6.54. The van der Waals surface area contributed by atoms with E-state index in [2.05, 4.69) is 5.32 Å². The van der Waals surface area contributed by atoms with Gasteiger partial charge in [-0.15, -0.1) is 0 Å². The number of methoxy groups -OCH3 is 1. The highest BCUT2D eigenvalue weighted by atomic mass is 19.1. The second kappa shape index (κ2) is 9.47. The van der Waals surface area contributed by atoms with Crippen LogP contribution >= 0.6 is 0 Å². The van der Waals surface area contributed by atoms with Crippen LogP contribution in [0, 0.1) is 5.82 Å². The average Bonchev–Trinajstić information content (AvgIpc) is 2.78. The standard InChI is InChI=1S/C23H18FNO5/c1-29-21-12-9-17(13-19(21)24)23(28)30-14-20(26)15-7-10-18(11-8-15)25-22(27)16-5-3-2-4-6-16/h2-13H,14H2,1H3,(H,25,27). The van der Waals surface area contributed by atoms with Crippen LogP contribution in [0.15, 0.2) is 72.8 Å². The van der Waals surface area contributed by atoms with Gasteiger partial charge >= 0.3 is 5.97 Å². The van der Waals surface area contributed by atoms with Crippen molar-refractivity contribution in [2.75, 3.05) is 19.0 Å². The Balaban J connectivity index is 1.56. The van der Waals surface area contributed by atoms with Gasteiger partial charge < -0.3 is 14.8 Å². The molecule has 3 aromatic rings. The molecule has 0 aromatic heterocycles. The van der Waals surface area contributed by atoms with E-state index >= 15 is 0 Å². The number of hydrogen-bond donors (Lipinski definition) is 1. The number of rotatable bonds is 7. The first-order chi connectivity index (χ1) is 14.5. The predicted molar refractivity (Wildman–Crippen MR) is 108 cm³/mol. The number of hydrogen-bond acceptors (Lipinski definition) is 5. The van der Waals surface area contributed by atoms with E-state index in [4.69, 9.17) is 9.47 Å². The number of nitrogens with one attached hydrogen (secondary N) is 1. The van der Waals surface area contributed by atoms with Crippen molar-refractivity contribution >= 4 is 23.3 Å². The zero-order chi connectivity index (χ0) is 21.5. The number of esters is 1. The number of anilines is 1. The van der Waals surface area contributed by atoms with Gasteiger partial charge in [-0.05, 0) is 54.6 Å². The number of carbonyl (C=O) groups excluding carboxylic acids is 3. The van der Waals surface area contributed by atoms with Crippen LogP contribution in [0.3, 0.4) is 0 Å². The first-order valence-electron chi connectivity index (χ1n) is 8.98. The third-order valence-corrected chi connectivity index (χ3v) is 4.22. The zero-order valence-electron chi connectivity index (χ0n) is 16.1. The molecule has 1 amide bonds. The summed E-state index contributed by atoms with van der Waals surface area (Å²) in [4.78, 5) is 36.4. The normalized spacial score (nSPS) is 10.2. The maximum atomic E-state index is 13.7. The lowest BCUT2D eigenvalue weighted by Crippen LogP contribution is -2.15. The predicted octanol–water partition coefficient (Wildman–Crippen LogP) is 4.13. The third-order valence-electron chi connectivity index (χ3n) is 4.22. The molecule has 0 spiro atoms. The molecular weight excluding hydrogens is 389 g/mol. The Morgan fingerprint density at radius 2 is 1.53 bits per heavy atom. The molecule has 0 heterocycles. The molecule has 6 nitrogen and oxygen atoms in total. The Labute approximate surface area is 172 Å². The number of amides is 1. The summed E-state index contributed by atoms with van der Waals surface area (Å²) >= 11 is 0. The van der Waals surface area contributed by atoms with Gasteiger partial charge in [0, 0.05) is 16.8 Å². The van der Waals surface area contributed by atoms with E-state index in [9.17, 15) is 18.8 Å². The molecule has 0 aliphatic rings. The van der Waals surface area contributed by atoms with Gasteiger partial charge in [0.2, 0.25) is 0 Å². The number of Topliss-reactive ketones (excluding diaryl/α,β-unsaturated/α-hetero) is 1. The lowest BCUT2D eigenvalue weighted by atomic mass is 10.1. The fraction of sp³-hybridized carbons (Fsp3) is 0.0870. The van der Waals surface area contributed by atoms with Crippen LogP contribution in [0.2, 0.25) is 0 Å². The fourth-order valence-electron chi connectivity index (χ4n) is 2.62. The number of ether oxygens (including phenoxy) is 2. The molecule has 152 valence electrons. The van der Waals surface area contributed by atoms with Gasteiger partial charge in [-0.3, -0.25) is 9.59 Å². The second-order valence-corrected chi connectivity index (χ2v) is 6.25. The molecular formula is C23H18FNO5. The molecule has 0 unspecified atom stereocenters. The molecule has 0 saturated carbocycles. The number of halogens is 1. The van der Waals surface area contributed by atoms with Gasteiger partial charge in [0.15, 0.2) is 24.0 Å². The topological polar surface area (TPSA) is 81.7 Å². The summed E-state index contributed by atoms with van der Waals surface area (Å²) in [7, 11) is 1.31. The summed E-state index contributed by atoms with van der Waals surface area (Å²) in [6.45, 7) is -0.498. The Hall–Kier alpha value is -4.00. The van der Waals surface area contributed by atoms with Crippen LogP contribution in [-0.4, -0.2) is 31.4 Å². The van der Waals surface area contributed by atoms with Gasteiger partial charge in [-0.2, -0.15) is 0 Å². The van der Waals surface area contributed by atoms with Crippen molar-refractivity contribution in [2.45, 2.75) is 0 Å². The molecule has 0 fully saturated rings. The van der Waals surface area contributed by atoms with E-state index in [1.165, 1.54) is 31.4 Å². The third kappa shape index (κ3) is 5.08. The molecule has 0 saturated heterocycles. The quantitative estimate of drug-likeness (QED) is 0.471. The van der Waals surface area contributed by atoms with E-state index in [0.29, 0.717) is 16.8 Å². The van der Waals surface area contributed by atoms with E-state index in [1.807, 2.05) is 6.07 Å².